The van der Waals surface area contributed by atoms with Gasteiger partial charge < -0.3 is 10.6 Å². The maximum atomic E-state index is 11.0. The minimum Gasteiger partial charge on any atom is -0.356 e. The maximum absolute atomic E-state index is 11.0. The molecule has 0 aliphatic heterocycles. The standard InChI is InChI=1S/C12H20N4O2S/c1-13-12(16-9-10-19(2,17)18)15-8-6-11-5-3-4-7-14-11/h3-5,7H,6,8-10H2,1-2H3,(H2,13,15,16). The molecule has 0 radical (unpaired) electrons. The minimum absolute atomic E-state index is 0.0912. The molecule has 0 fully saturated rings. The van der Waals surface area contributed by atoms with Crippen LogP contribution in [0.15, 0.2) is 29.4 Å². The molecule has 7 heteroatoms. The summed E-state index contributed by atoms with van der Waals surface area (Å²) in [5.41, 5.74) is 1.00. The van der Waals surface area contributed by atoms with Crippen LogP contribution < -0.4 is 10.6 Å². The Kier molecular flexibility index (Phi) is 6.27. The summed E-state index contributed by atoms with van der Waals surface area (Å²) in [5, 5.41) is 6.06. The number of sulfone groups is 1. The molecule has 1 aromatic heterocycles. The van der Waals surface area contributed by atoms with E-state index in [0.717, 1.165) is 12.1 Å². The first-order valence-electron chi connectivity index (χ1n) is 6.03. The molecule has 1 aromatic rings. The molecule has 6 nitrogen and oxygen atoms in total. The number of hydrogen-bond acceptors (Lipinski definition) is 4. The van der Waals surface area contributed by atoms with Gasteiger partial charge in [0.05, 0.1) is 5.75 Å². The topological polar surface area (TPSA) is 83.4 Å². The molecule has 0 aromatic carbocycles. The van der Waals surface area contributed by atoms with Gasteiger partial charge in [-0.05, 0) is 12.1 Å². The first-order valence-corrected chi connectivity index (χ1v) is 8.09. The van der Waals surface area contributed by atoms with Gasteiger partial charge in [-0.15, -0.1) is 0 Å². The van der Waals surface area contributed by atoms with Crippen molar-refractivity contribution in [3.8, 4) is 0 Å². The van der Waals surface area contributed by atoms with Gasteiger partial charge in [-0.1, -0.05) is 6.07 Å². The lowest BCUT2D eigenvalue weighted by atomic mass is 10.3. The highest BCUT2D eigenvalue weighted by molar-refractivity contribution is 7.90. The fraction of sp³-hybridized carbons (Fsp3) is 0.500. The number of aromatic nitrogens is 1. The zero-order valence-electron chi connectivity index (χ0n) is 11.3. The second-order valence-electron chi connectivity index (χ2n) is 4.13. The molecular formula is C12H20N4O2S. The summed E-state index contributed by atoms with van der Waals surface area (Å²) in [5.74, 6) is 0.688. The van der Waals surface area contributed by atoms with E-state index in [2.05, 4.69) is 20.6 Å². The van der Waals surface area contributed by atoms with Crippen molar-refractivity contribution < 1.29 is 8.42 Å². The third-order valence-corrected chi connectivity index (χ3v) is 3.33. The quantitative estimate of drug-likeness (QED) is 0.560. The maximum Gasteiger partial charge on any atom is 0.191 e. The van der Waals surface area contributed by atoms with Gasteiger partial charge in [-0.3, -0.25) is 9.98 Å². The summed E-state index contributed by atoms with van der Waals surface area (Å²) in [4.78, 5) is 8.23. The summed E-state index contributed by atoms with van der Waals surface area (Å²) in [6, 6.07) is 5.78. The van der Waals surface area contributed by atoms with Crippen molar-refractivity contribution in [1.82, 2.24) is 15.6 Å². The number of nitrogens with one attached hydrogen (secondary N) is 2. The lowest BCUT2D eigenvalue weighted by molar-refractivity contribution is 0.600. The van der Waals surface area contributed by atoms with Crippen LogP contribution in [-0.4, -0.2) is 51.5 Å². The molecule has 0 atom stereocenters. The van der Waals surface area contributed by atoms with E-state index in [-0.39, 0.29) is 5.75 Å². The monoisotopic (exact) mass is 284 g/mol. The van der Waals surface area contributed by atoms with Gasteiger partial charge in [0.1, 0.15) is 9.84 Å². The van der Waals surface area contributed by atoms with Crippen LogP contribution in [0.3, 0.4) is 0 Å². The number of nitrogens with zero attached hydrogens (tertiary/aromatic N) is 2. The number of pyridine rings is 1. The Hall–Kier alpha value is -1.63. The summed E-state index contributed by atoms with van der Waals surface area (Å²) in [6.45, 7) is 1.04. The molecule has 0 saturated heterocycles. The van der Waals surface area contributed by atoms with Crippen LogP contribution in [0, 0.1) is 0 Å². The van der Waals surface area contributed by atoms with Gasteiger partial charge >= 0.3 is 0 Å². The van der Waals surface area contributed by atoms with Crippen molar-refractivity contribution >= 4 is 15.8 Å². The molecular weight excluding hydrogens is 264 g/mol. The molecule has 1 rings (SSSR count). The average Bonchev–Trinajstić information content (AvgIpc) is 2.37. The van der Waals surface area contributed by atoms with Gasteiger partial charge in [0.2, 0.25) is 0 Å². The van der Waals surface area contributed by atoms with Gasteiger partial charge in [-0.2, -0.15) is 0 Å². The second kappa shape index (κ2) is 7.73. The molecule has 106 valence electrons. The summed E-state index contributed by atoms with van der Waals surface area (Å²) in [6.07, 6.45) is 3.76. The zero-order chi connectivity index (χ0) is 14.1. The predicted molar refractivity (Wildman–Crippen MR) is 77.0 cm³/mol. The molecule has 19 heavy (non-hydrogen) atoms. The summed E-state index contributed by atoms with van der Waals surface area (Å²) in [7, 11) is -1.30. The molecule has 0 bridgehead atoms. The van der Waals surface area contributed by atoms with Crippen molar-refractivity contribution in [2.75, 3.05) is 32.1 Å². The van der Waals surface area contributed by atoms with E-state index in [0.29, 0.717) is 19.0 Å². The Bertz CT molecular complexity index is 500. The van der Waals surface area contributed by atoms with Crippen LogP contribution in [0.4, 0.5) is 0 Å². The van der Waals surface area contributed by atoms with Gasteiger partial charge in [0.25, 0.3) is 0 Å². The van der Waals surface area contributed by atoms with E-state index >= 15 is 0 Å². The Balaban J connectivity index is 2.26. The Morgan fingerprint density at radius 1 is 1.32 bits per heavy atom. The average molecular weight is 284 g/mol. The van der Waals surface area contributed by atoms with Crippen molar-refractivity contribution in [2.45, 2.75) is 6.42 Å². The van der Waals surface area contributed by atoms with Crippen LogP contribution in [0.5, 0.6) is 0 Å². The number of guanidine groups is 1. The Morgan fingerprint density at radius 3 is 2.63 bits per heavy atom. The molecule has 0 spiro atoms. The highest BCUT2D eigenvalue weighted by Gasteiger charge is 2.03. The van der Waals surface area contributed by atoms with E-state index in [1.165, 1.54) is 6.26 Å². The van der Waals surface area contributed by atoms with Crippen molar-refractivity contribution in [3.05, 3.63) is 30.1 Å². The molecule has 2 N–H and O–H groups in total. The largest absolute Gasteiger partial charge is 0.356 e. The Labute approximate surface area is 114 Å². The molecule has 0 unspecified atom stereocenters. The number of hydrogen-bond donors (Lipinski definition) is 2. The van der Waals surface area contributed by atoms with Crippen molar-refractivity contribution in [2.24, 2.45) is 4.99 Å². The van der Waals surface area contributed by atoms with Crippen molar-refractivity contribution in [1.29, 1.82) is 0 Å². The molecule has 1 heterocycles. The smallest absolute Gasteiger partial charge is 0.191 e. The van der Waals surface area contributed by atoms with Crippen LogP contribution in [0.25, 0.3) is 0 Å². The second-order valence-corrected chi connectivity index (χ2v) is 6.39. The fourth-order valence-corrected chi connectivity index (χ4v) is 1.90. The normalized spacial score (nSPS) is 12.2. The van der Waals surface area contributed by atoms with Crippen LogP contribution in [0.2, 0.25) is 0 Å². The third-order valence-electron chi connectivity index (χ3n) is 2.39. The SMILES string of the molecule is CN=C(NCCc1ccccn1)NCCS(C)(=O)=O. The molecule has 0 saturated carbocycles. The van der Waals surface area contributed by atoms with E-state index in [4.69, 9.17) is 0 Å². The van der Waals surface area contributed by atoms with E-state index in [1.807, 2.05) is 18.2 Å². The highest BCUT2D eigenvalue weighted by atomic mass is 32.2. The minimum atomic E-state index is -2.95. The predicted octanol–water partition coefficient (Wildman–Crippen LogP) is -0.166. The number of rotatable bonds is 6. The highest BCUT2D eigenvalue weighted by Crippen LogP contribution is 1.92. The zero-order valence-corrected chi connectivity index (χ0v) is 12.1. The molecule has 0 amide bonds. The first-order chi connectivity index (χ1) is 9.01. The lowest BCUT2D eigenvalue weighted by Crippen LogP contribution is -2.40. The lowest BCUT2D eigenvalue weighted by Gasteiger charge is -2.11. The summed E-state index contributed by atoms with van der Waals surface area (Å²) < 4.78 is 22.0. The first kappa shape index (κ1) is 15.4. The van der Waals surface area contributed by atoms with Gasteiger partial charge in [0, 0.05) is 44.7 Å². The number of aliphatic imine (C=N–C) groups is 1. The van der Waals surface area contributed by atoms with E-state index in [9.17, 15) is 8.42 Å². The molecule has 0 aliphatic rings. The van der Waals surface area contributed by atoms with Crippen LogP contribution >= 0.6 is 0 Å². The van der Waals surface area contributed by atoms with Gasteiger partial charge in [-0.25, -0.2) is 8.42 Å². The van der Waals surface area contributed by atoms with Crippen LogP contribution in [0.1, 0.15) is 5.69 Å². The van der Waals surface area contributed by atoms with Gasteiger partial charge in [0.15, 0.2) is 5.96 Å². The molecule has 0 aliphatic carbocycles. The fourth-order valence-electron chi connectivity index (χ4n) is 1.43. The Morgan fingerprint density at radius 2 is 2.05 bits per heavy atom. The van der Waals surface area contributed by atoms with Crippen LogP contribution in [-0.2, 0) is 16.3 Å². The van der Waals surface area contributed by atoms with Crippen molar-refractivity contribution in [3.63, 3.8) is 0 Å². The third kappa shape index (κ3) is 7.40. The summed E-state index contributed by atoms with van der Waals surface area (Å²) >= 11 is 0. The van der Waals surface area contributed by atoms with E-state index < -0.39 is 9.84 Å². The van der Waals surface area contributed by atoms with E-state index in [1.54, 1.807) is 13.2 Å².